The summed E-state index contributed by atoms with van der Waals surface area (Å²) in [5.74, 6) is -0.286. The monoisotopic (exact) mass is 211 g/mol. The Hall–Kier alpha value is -1.46. The molecule has 0 unspecified atom stereocenters. The molecule has 5 heteroatoms. The molecule has 1 aromatic carbocycles. The Morgan fingerprint density at radius 3 is 2.33 bits per heavy atom. The van der Waals surface area contributed by atoms with Crippen LogP contribution in [0.15, 0.2) is 24.3 Å². The van der Waals surface area contributed by atoms with Gasteiger partial charge in [-0.25, -0.2) is 0 Å². The summed E-state index contributed by atoms with van der Waals surface area (Å²) in [5.41, 5.74) is 0.560. The number of non-ortho nitro benzene ring substituents is 1. The second-order valence-electron chi connectivity index (χ2n) is 3.45. The molecule has 15 heavy (non-hydrogen) atoms. The molecule has 0 aliphatic carbocycles. The van der Waals surface area contributed by atoms with Crippen LogP contribution in [0, 0.1) is 16.0 Å². The van der Waals surface area contributed by atoms with Crippen molar-refractivity contribution in [3.8, 4) is 0 Å². The van der Waals surface area contributed by atoms with Crippen LogP contribution in [-0.4, -0.2) is 21.7 Å². The van der Waals surface area contributed by atoms with E-state index in [9.17, 15) is 15.2 Å². The van der Waals surface area contributed by atoms with E-state index in [0.717, 1.165) is 0 Å². The Balaban J connectivity index is 2.84. The number of aliphatic hydroxyl groups is 2. The Morgan fingerprint density at radius 1 is 1.40 bits per heavy atom. The first-order valence-corrected chi connectivity index (χ1v) is 4.59. The van der Waals surface area contributed by atoms with Crippen LogP contribution in [0.1, 0.15) is 18.6 Å². The smallest absolute Gasteiger partial charge is 0.269 e. The fourth-order valence-electron chi connectivity index (χ4n) is 1.22. The SMILES string of the molecule is C[C@@H](CO)[C@H](O)c1ccc([N+](=O)[O-])cc1. The van der Waals surface area contributed by atoms with Gasteiger partial charge in [-0.2, -0.15) is 0 Å². The highest BCUT2D eigenvalue weighted by atomic mass is 16.6. The van der Waals surface area contributed by atoms with Gasteiger partial charge in [-0.15, -0.1) is 0 Å². The number of benzene rings is 1. The average molecular weight is 211 g/mol. The van der Waals surface area contributed by atoms with Crippen molar-refractivity contribution in [2.45, 2.75) is 13.0 Å². The second-order valence-corrected chi connectivity index (χ2v) is 3.45. The minimum absolute atomic E-state index is 0.0115. The molecule has 0 radical (unpaired) electrons. The minimum atomic E-state index is -0.796. The molecule has 0 spiro atoms. The Bertz CT molecular complexity index is 336. The van der Waals surface area contributed by atoms with Crippen molar-refractivity contribution in [2.24, 2.45) is 5.92 Å². The molecule has 5 nitrogen and oxygen atoms in total. The molecule has 2 N–H and O–H groups in total. The summed E-state index contributed by atoms with van der Waals surface area (Å²) >= 11 is 0. The zero-order chi connectivity index (χ0) is 11.4. The van der Waals surface area contributed by atoms with Crippen molar-refractivity contribution in [1.29, 1.82) is 0 Å². The van der Waals surface area contributed by atoms with Gasteiger partial charge in [0.1, 0.15) is 0 Å². The van der Waals surface area contributed by atoms with E-state index in [1.165, 1.54) is 24.3 Å². The Kier molecular flexibility index (Phi) is 3.76. The normalized spacial score (nSPS) is 14.6. The largest absolute Gasteiger partial charge is 0.396 e. The summed E-state index contributed by atoms with van der Waals surface area (Å²) in [6.07, 6.45) is -0.796. The number of nitro groups is 1. The standard InChI is InChI=1S/C10H13NO4/c1-7(6-12)10(13)8-2-4-9(5-3-8)11(14)15/h2-5,7,10,12-13H,6H2,1H3/t7-,10-/m0/s1. The Morgan fingerprint density at radius 2 is 1.93 bits per heavy atom. The van der Waals surface area contributed by atoms with Crippen LogP contribution < -0.4 is 0 Å². The molecule has 0 saturated carbocycles. The average Bonchev–Trinajstić information content (AvgIpc) is 2.27. The third-order valence-corrected chi connectivity index (χ3v) is 2.27. The van der Waals surface area contributed by atoms with E-state index >= 15 is 0 Å². The van der Waals surface area contributed by atoms with E-state index in [4.69, 9.17) is 5.11 Å². The topological polar surface area (TPSA) is 83.6 Å². The van der Waals surface area contributed by atoms with Crippen molar-refractivity contribution in [2.75, 3.05) is 6.61 Å². The quantitative estimate of drug-likeness (QED) is 0.580. The van der Waals surface area contributed by atoms with Crippen LogP contribution >= 0.6 is 0 Å². The van der Waals surface area contributed by atoms with Crippen molar-refractivity contribution in [3.63, 3.8) is 0 Å². The number of hydrogen-bond acceptors (Lipinski definition) is 4. The summed E-state index contributed by atoms with van der Waals surface area (Å²) in [7, 11) is 0. The molecule has 2 atom stereocenters. The highest BCUT2D eigenvalue weighted by Crippen LogP contribution is 2.23. The van der Waals surface area contributed by atoms with Crippen LogP contribution in [0.25, 0.3) is 0 Å². The minimum Gasteiger partial charge on any atom is -0.396 e. The highest BCUT2D eigenvalue weighted by Gasteiger charge is 2.16. The van der Waals surface area contributed by atoms with Crippen LogP contribution in [0.3, 0.4) is 0 Å². The summed E-state index contributed by atoms with van der Waals surface area (Å²) < 4.78 is 0. The van der Waals surface area contributed by atoms with E-state index in [-0.39, 0.29) is 18.2 Å². The van der Waals surface area contributed by atoms with Crippen LogP contribution in [0.2, 0.25) is 0 Å². The first-order valence-electron chi connectivity index (χ1n) is 4.59. The van der Waals surface area contributed by atoms with Crippen LogP contribution in [0.4, 0.5) is 5.69 Å². The molecule has 0 saturated heterocycles. The zero-order valence-electron chi connectivity index (χ0n) is 8.33. The van der Waals surface area contributed by atoms with Gasteiger partial charge in [0, 0.05) is 24.7 Å². The van der Waals surface area contributed by atoms with Crippen molar-refractivity contribution in [3.05, 3.63) is 39.9 Å². The molecular weight excluding hydrogens is 198 g/mol. The molecule has 0 aromatic heterocycles. The van der Waals surface area contributed by atoms with Crippen LogP contribution in [0.5, 0.6) is 0 Å². The Labute approximate surface area is 87.1 Å². The summed E-state index contributed by atoms with van der Waals surface area (Å²) in [6, 6.07) is 5.66. The van der Waals surface area contributed by atoms with E-state index in [1.807, 2.05) is 0 Å². The molecule has 0 aliphatic rings. The van der Waals surface area contributed by atoms with Gasteiger partial charge in [0.25, 0.3) is 5.69 Å². The molecular formula is C10H13NO4. The maximum atomic E-state index is 10.4. The van der Waals surface area contributed by atoms with Gasteiger partial charge < -0.3 is 10.2 Å². The highest BCUT2D eigenvalue weighted by molar-refractivity contribution is 5.33. The first-order chi connectivity index (χ1) is 7.06. The number of aliphatic hydroxyl groups excluding tert-OH is 2. The maximum absolute atomic E-state index is 10.4. The fraction of sp³-hybridized carbons (Fsp3) is 0.400. The van der Waals surface area contributed by atoms with E-state index in [0.29, 0.717) is 5.56 Å². The second kappa shape index (κ2) is 4.86. The number of hydrogen-bond donors (Lipinski definition) is 2. The zero-order valence-corrected chi connectivity index (χ0v) is 8.33. The van der Waals surface area contributed by atoms with Gasteiger partial charge in [0.15, 0.2) is 0 Å². The lowest BCUT2D eigenvalue weighted by Gasteiger charge is -2.16. The van der Waals surface area contributed by atoms with Crippen molar-refractivity contribution >= 4 is 5.69 Å². The first kappa shape index (κ1) is 11.6. The molecule has 0 amide bonds. The van der Waals surface area contributed by atoms with E-state index in [2.05, 4.69) is 0 Å². The van der Waals surface area contributed by atoms with Gasteiger partial charge in [-0.05, 0) is 17.7 Å². The van der Waals surface area contributed by atoms with Gasteiger partial charge in [0.05, 0.1) is 11.0 Å². The molecule has 0 fully saturated rings. The third-order valence-electron chi connectivity index (χ3n) is 2.27. The molecule has 1 rings (SSSR count). The van der Waals surface area contributed by atoms with Crippen LogP contribution in [-0.2, 0) is 0 Å². The van der Waals surface area contributed by atoms with Crippen molar-refractivity contribution < 1.29 is 15.1 Å². The predicted octanol–water partition coefficient (Wildman–Crippen LogP) is 1.26. The molecule has 0 heterocycles. The lowest BCUT2D eigenvalue weighted by Crippen LogP contribution is -2.12. The number of nitro benzene ring substituents is 1. The fourth-order valence-corrected chi connectivity index (χ4v) is 1.22. The third kappa shape index (κ3) is 2.74. The number of nitrogens with zero attached hydrogens (tertiary/aromatic N) is 1. The van der Waals surface area contributed by atoms with E-state index in [1.54, 1.807) is 6.92 Å². The molecule has 1 aromatic rings. The number of rotatable bonds is 4. The molecule has 0 aliphatic heterocycles. The molecule has 0 bridgehead atoms. The van der Waals surface area contributed by atoms with Gasteiger partial charge in [-0.1, -0.05) is 6.92 Å². The van der Waals surface area contributed by atoms with Crippen molar-refractivity contribution in [1.82, 2.24) is 0 Å². The lowest BCUT2D eigenvalue weighted by atomic mass is 9.98. The predicted molar refractivity (Wildman–Crippen MR) is 54.3 cm³/mol. The van der Waals surface area contributed by atoms with Gasteiger partial charge in [-0.3, -0.25) is 10.1 Å². The summed E-state index contributed by atoms with van der Waals surface area (Å²) in [4.78, 5) is 9.88. The summed E-state index contributed by atoms with van der Waals surface area (Å²) in [6.45, 7) is 1.57. The van der Waals surface area contributed by atoms with E-state index < -0.39 is 11.0 Å². The summed E-state index contributed by atoms with van der Waals surface area (Å²) in [5, 5.41) is 28.9. The van der Waals surface area contributed by atoms with Gasteiger partial charge >= 0.3 is 0 Å². The lowest BCUT2D eigenvalue weighted by molar-refractivity contribution is -0.384. The molecule has 82 valence electrons. The van der Waals surface area contributed by atoms with Gasteiger partial charge in [0.2, 0.25) is 0 Å². The maximum Gasteiger partial charge on any atom is 0.269 e.